The number of hydrogen-bond donors (Lipinski definition) is 0. The number of carbonyl (C=O) groups is 1. The van der Waals surface area contributed by atoms with Gasteiger partial charge in [0.2, 0.25) is 17.6 Å². The molecule has 2 aromatic rings. The lowest BCUT2D eigenvalue weighted by Gasteiger charge is -2.37. The van der Waals surface area contributed by atoms with E-state index >= 15 is 0 Å². The first kappa shape index (κ1) is 20.1. The van der Waals surface area contributed by atoms with Gasteiger partial charge in [0.25, 0.3) is 0 Å². The van der Waals surface area contributed by atoms with Gasteiger partial charge < -0.3 is 9.42 Å². The molecular weight excluding hydrogens is 364 g/mol. The van der Waals surface area contributed by atoms with Crippen LogP contribution in [0.4, 0.5) is 0 Å². The number of hydrogen-bond acceptors (Lipinski definition) is 5. The normalized spacial score (nSPS) is 21.2. The van der Waals surface area contributed by atoms with E-state index in [1.807, 2.05) is 30.1 Å². The molecule has 156 valence electrons. The first-order valence-corrected chi connectivity index (χ1v) is 11.0. The predicted octanol–water partition coefficient (Wildman–Crippen LogP) is 4.05. The summed E-state index contributed by atoms with van der Waals surface area (Å²) in [6, 6.07) is 8.49. The Bertz CT molecular complexity index is 828. The second-order valence-corrected chi connectivity index (χ2v) is 8.64. The number of nitrogens with zero attached hydrogens (tertiary/aromatic N) is 4. The smallest absolute Gasteiger partial charge is 0.241 e. The van der Waals surface area contributed by atoms with E-state index < -0.39 is 0 Å². The number of piperidine rings is 1. The van der Waals surface area contributed by atoms with Crippen molar-refractivity contribution < 1.29 is 9.32 Å². The van der Waals surface area contributed by atoms with Crippen molar-refractivity contribution in [1.82, 2.24) is 19.9 Å². The minimum Gasteiger partial charge on any atom is -0.342 e. The van der Waals surface area contributed by atoms with Gasteiger partial charge in [-0.3, -0.25) is 9.69 Å². The molecule has 1 amide bonds. The third-order valence-corrected chi connectivity index (χ3v) is 6.54. The van der Waals surface area contributed by atoms with E-state index in [9.17, 15) is 4.79 Å². The van der Waals surface area contributed by atoms with E-state index in [0.717, 1.165) is 49.9 Å². The molecule has 0 spiro atoms. The zero-order valence-electron chi connectivity index (χ0n) is 17.6. The van der Waals surface area contributed by atoms with Crippen LogP contribution in [0.1, 0.15) is 56.4 Å². The molecule has 1 saturated heterocycles. The van der Waals surface area contributed by atoms with Gasteiger partial charge in [0.05, 0.1) is 12.5 Å². The molecule has 6 nitrogen and oxygen atoms in total. The molecule has 2 fully saturated rings. The highest BCUT2D eigenvalue weighted by atomic mass is 16.5. The molecule has 29 heavy (non-hydrogen) atoms. The molecule has 2 heterocycles. The maximum absolute atomic E-state index is 13.1. The summed E-state index contributed by atoms with van der Waals surface area (Å²) in [5.41, 5.74) is 2.14. The second kappa shape index (κ2) is 9.08. The van der Waals surface area contributed by atoms with Crippen molar-refractivity contribution in [2.75, 3.05) is 20.1 Å². The van der Waals surface area contributed by atoms with Gasteiger partial charge in [0, 0.05) is 25.2 Å². The summed E-state index contributed by atoms with van der Waals surface area (Å²) in [4.78, 5) is 22.0. The third-order valence-electron chi connectivity index (χ3n) is 6.54. The molecule has 1 saturated carbocycles. The lowest BCUT2D eigenvalue weighted by Crippen LogP contribution is -2.47. The van der Waals surface area contributed by atoms with Crippen LogP contribution in [0.15, 0.2) is 28.8 Å². The summed E-state index contributed by atoms with van der Waals surface area (Å²) in [6.45, 7) is 4.40. The third kappa shape index (κ3) is 4.69. The van der Waals surface area contributed by atoms with Crippen molar-refractivity contribution in [3.8, 4) is 11.4 Å². The number of aromatic nitrogens is 2. The van der Waals surface area contributed by atoms with E-state index in [-0.39, 0.29) is 5.92 Å². The number of carbonyl (C=O) groups excluding carboxylic acids is 1. The van der Waals surface area contributed by atoms with Crippen LogP contribution < -0.4 is 0 Å². The largest absolute Gasteiger partial charge is 0.342 e. The Morgan fingerprint density at radius 1 is 1.17 bits per heavy atom. The van der Waals surface area contributed by atoms with Crippen LogP contribution >= 0.6 is 0 Å². The van der Waals surface area contributed by atoms with Crippen molar-refractivity contribution in [3.63, 3.8) is 0 Å². The fourth-order valence-corrected chi connectivity index (χ4v) is 4.78. The van der Waals surface area contributed by atoms with E-state index in [1.165, 1.54) is 19.3 Å². The fraction of sp³-hybridized carbons (Fsp3) is 0.609. The molecule has 1 unspecified atom stereocenters. The van der Waals surface area contributed by atoms with Gasteiger partial charge in [-0.1, -0.05) is 48.7 Å². The lowest BCUT2D eigenvalue weighted by molar-refractivity contribution is -0.138. The maximum Gasteiger partial charge on any atom is 0.241 e. The summed E-state index contributed by atoms with van der Waals surface area (Å²) in [6.07, 6.45) is 8.13. The highest BCUT2D eigenvalue weighted by Crippen LogP contribution is 2.26. The molecule has 4 rings (SSSR count). The van der Waals surface area contributed by atoms with Crippen molar-refractivity contribution in [2.45, 2.75) is 64.5 Å². The summed E-state index contributed by atoms with van der Waals surface area (Å²) < 4.78 is 5.52. The SMILES string of the molecule is Cc1ccccc1-c1noc(CN2CCCC(C(=O)N(C)C3CCCCC3)C2)n1. The Morgan fingerprint density at radius 2 is 1.97 bits per heavy atom. The zero-order valence-corrected chi connectivity index (χ0v) is 17.6. The topological polar surface area (TPSA) is 62.5 Å². The van der Waals surface area contributed by atoms with Gasteiger partial charge in [-0.2, -0.15) is 4.98 Å². The summed E-state index contributed by atoms with van der Waals surface area (Å²) in [7, 11) is 2.00. The number of aryl methyl sites for hydroxylation is 1. The van der Waals surface area contributed by atoms with E-state index in [0.29, 0.717) is 30.2 Å². The monoisotopic (exact) mass is 396 g/mol. The molecule has 0 N–H and O–H groups in total. The molecule has 0 bridgehead atoms. The van der Waals surface area contributed by atoms with Gasteiger partial charge in [-0.15, -0.1) is 0 Å². The molecule has 6 heteroatoms. The molecule has 1 aromatic heterocycles. The van der Waals surface area contributed by atoms with Crippen LogP contribution in [0, 0.1) is 12.8 Å². The number of benzene rings is 1. The van der Waals surface area contributed by atoms with Gasteiger partial charge in [-0.05, 0) is 44.7 Å². The van der Waals surface area contributed by atoms with Crippen molar-refractivity contribution in [2.24, 2.45) is 5.92 Å². The van der Waals surface area contributed by atoms with Crippen LogP contribution in [-0.2, 0) is 11.3 Å². The van der Waals surface area contributed by atoms with Crippen molar-refractivity contribution in [3.05, 3.63) is 35.7 Å². The Balaban J connectivity index is 1.36. The fourth-order valence-electron chi connectivity index (χ4n) is 4.78. The minimum absolute atomic E-state index is 0.0782. The quantitative estimate of drug-likeness (QED) is 0.763. The van der Waals surface area contributed by atoms with E-state index in [2.05, 4.69) is 28.0 Å². The van der Waals surface area contributed by atoms with Crippen LogP contribution in [0.5, 0.6) is 0 Å². The average molecular weight is 397 g/mol. The number of likely N-dealkylation sites (tertiary alicyclic amines) is 1. The molecule has 1 aromatic carbocycles. The Morgan fingerprint density at radius 3 is 2.76 bits per heavy atom. The Kier molecular flexibility index (Phi) is 6.28. The average Bonchev–Trinajstić information content (AvgIpc) is 3.22. The molecule has 1 aliphatic heterocycles. The Hall–Kier alpha value is -2.21. The highest BCUT2D eigenvalue weighted by molar-refractivity contribution is 5.79. The maximum atomic E-state index is 13.1. The zero-order chi connectivity index (χ0) is 20.2. The lowest BCUT2D eigenvalue weighted by atomic mass is 9.91. The van der Waals surface area contributed by atoms with Gasteiger partial charge >= 0.3 is 0 Å². The van der Waals surface area contributed by atoms with Crippen molar-refractivity contribution >= 4 is 5.91 Å². The molecular formula is C23H32N4O2. The predicted molar refractivity (Wildman–Crippen MR) is 112 cm³/mol. The number of rotatable bonds is 5. The summed E-state index contributed by atoms with van der Waals surface area (Å²) in [5.74, 6) is 1.65. The molecule has 2 aliphatic rings. The molecule has 0 radical (unpaired) electrons. The number of amides is 1. The highest BCUT2D eigenvalue weighted by Gasteiger charge is 2.31. The van der Waals surface area contributed by atoms with Crippen LogP contribution in [0.25, 0.3) is 11.4 Å². The van der Waals surface area contributed by atoms with E-state index in [4.69, 9.17) is 4.52 Å². The second-order valence-electron chi connectivity index (χ2n) is 8.64. The minimum atomic E-state index is 0.0782. The van der Waals surface area contributed by atoms with Crippen LogP contribution in [-0.4, -0.2) is 52.0 Å². The van der Waals surface area contributed by atoms with Crippen molar-refractivity contribution in [1.29, 1.82) is 0 Å². The first-order valence-electron chi connectivity index (χ1n) is 11.0. The standard InChI is InChI=1S/C23H32N4O2/c1-17-9-6-7-13-20(17)22-24-21(29-25-22)16-27-14-8-10-18(15-27)23(28)26(2)19-11-4-3-5-12-19/h6-7,9,13,18-19H,3-5,8,10-12,14-16H2,1-2H3. The van der Waals surface area contributed by atoms with Crippen LogP contribution in [0.3, 0.4) is 0 Å². The van der Waals surface area contributed by atoms with Crippen LogP contribution in [0.2, 0.25) is 0 Å². The molecule has 1 atom stereocenters. The van der Waals surface area contributed by atoms with Gasteiger partial charge in [0.15, 0.2) is 0 Å². The molecule has 1 aliphatic carbocycles. The summed E-state index contributed by atoms with van der Waals surface area (Å²) >= 11 is 0. The van der Waals surface area contributed by atoms with Gasteiger partial charge in [0.1, 0.15) is 0 Å². The van der Waals surface area contributed by atoms with Gasteiger partial charge in [-0.25, -0.2) is 0 Å². The van der Waals surface area contributed by atoms with E-state index in [1.54, 1.807) is 0 Å². The Labute approximate surface area is 173 Å². The first-order chi connectivity index (χ1) is 14.1. The summed E-state index contributed by atoms with van der Waals surface area (Å²) in [5, 5.41) is 4.17.